The lowest BCUT2D eigenvalue weighted by molar-refractivity contribution is -0.121. The summed E-state index contributed by atoms with van der Waals surface area (Å²) in [5.41, 5.74) is 0.0285. The Hall–Kier alpha value is -0.610. The van der Waals surface area contributed by atoms with Gasteiger partial charge in [-0.25, -0.2) is 0 Å². The van der Waals surface area contributed by atoms with Crippen molar-refractivity contribution in [3.63, 3.8) is 0 Å². The molecule has 0 radical (unpaired) electrons. The van der Waals surface area contributed by atoms with Crippen molar-refractivity contribution >= 4 is 5.91 Å². The molecule has 0 aliphatic rings. The summed E-state index contributed by atoms with van der Waals surface area (Å²) in [4.78, 5) is 11.7. The monoisotopic (exact) mass is 329 g/mol. The maximum atomic E-state index is 11.7. The minimum atomic E-state index is 0.00680. The summed E-state index contributed by atoms with van der Waals surface area (Å²) >= 11 is 0. The fourth-order valence-electron chi connectivity index (χ4n) is 2.45. The maximum absolute atomic E-state index is 11.7. The maximum Gasteiger partial charge on any atom is 0.219 e. The van der Waals surface area contributed by atoms with Gasteiger partial charge in [0.05, 0.1) is 0 Å². The third-order valence-electron chi connectivity index (χ3n) is 4.47. The van der Waals surface area contributed by atoms with Crippen LogP contribution in [0.15, 0.2) is 0 Å². The van der Waals surface area contributed by atoms with Crippen LogP contribution in [0, 0.1) is 10.8 Å². The zero-order chi connectivity index (χ0) is 17.8. The molecule has 0 aliphatic carbocycles. The average molecular weight is 330 g/mol. The minimum Gasteiger partial charge on any atom is -0.396 e. The number of amides is 1. The number of carbonyl (C=O) groups excluding carboxylic acids is 1. The molecule has 0 aromatic rings. The van der Waals surface area contributed by atoms with Crippen LogP contribution in [0.4, 0.5) is 0 Å². The second-order valence-electron chi connectivity index (χ2n) is 8.37. The highest BCUT2D eigenvalue weighted by atomic mass is 16.3. The molecular weight excluding hydrogens is 290 g/mol. The normalized spacial score (nSPS) is 12.4. The number of aliphatic hydroxyl groups excluding tert-OH is 2. The molecule has 1 amide bonds. The van der Waals surface area contributed by atoms with E-state index in [0.717, 1.165) is 57.9 Å². The molecule has 0 saturated heterocycles. The number of rotatable bonds is 14. The van der Waals surface area contributed by atoms with Crippen molar-refractivity contribution in [1.29, 1.82) is 0 Å². The highest BCUT2D eigenvalue weighted by Crippen LogP contribution is 2.23. The Kier molecular flexibility index (Phi) is 11.5. The first-order chi connectivity index (χ1) is 10.7. The topological polar surface area (TPSA) is 69.6 Å². The quantitative estimate of drug-likeness (QED) is 0.426. The molecule has 0 aromatic heterocycles. The van der Waals surface area contributed by atoms with Gasteiger partial charge in [-0.15, -0.1) is 0 Å². The Morgan fingerprint density at radius 2 is 1.26 bits per heavy atom. The fourth-order valence-corrected chi connectivity index (χ4v) is 2.45. The molecule has 4 heteroatoms. The molecular formula is C19H39NO3. The van der Waals surface area contributed by atoms with E-state index >= 15 is 0 Å². The molecule has 0 spiro atoms. The van der Waals surface area contributed by atoms with Crippen LogP contribution in [0.25, 0.3) is 0 Å². The third kappa shape index (κ3) is 13.5. The van der Waals surface area contributed by atoms with Crippen molar-refractivity contribution in [3.05, 3.63) is 0 Å². The molecule has 138 valence electrons. The van der Waals surface area contributed by atoms with E-state index in [4.69, 9.17) is 0 Å². The first-order valence-electron chi connectivity index (χ1n) is 9.21. The zero-order valence-electron chi connectivity index (χ0n) is 15.8. The van der Waals surface area contributed by atoms with Crippen molar-refractivity contribution in [2.24, 2.45) is 10.8 Å². The largest absolute Gasteiger partial charge is 0.396 e. The van der Waals surface area contributed by atoms with Crippen molar-refractivity contribution in [2.75, 3.05) is 19.8 Å². The van der Waals surface area contributed by atoms with Crippen LogP contribution in [0.1, 0.15) is 85.5 Å². The van der Waals surface area contributed by atoms with Crippen LogP contribution in [-0.4, -0.2) is 35.9 Å². The second-order valence-corrected chi connectivity index (χ2v) is 8.37. The smallest absolute Gasteiger partial charge is 0.219 e. The summed E-state index contributed by atoms with van der Waals surface area (Å²) in [5.74, 6) is 0.155. The summed E-state index contributed by atoms with van der Waals surface area (Å²) in [6.45, 7) is 9.52. The summed E-state index contributed by atoms with van der Waals surface area (Å²) in [6, 6.07) is 0. The first kappa shape index (κ1) is 22.4. The van der Waals surface area contributed by atoms with Crippen LogP contribution in [0.5, 0.6) is 0 Å². The molecule has 0 bridgehead atoms. The zero-order valence-corrected chi connectivity index (χ0v) is 15.8. The van der Waals surface area contributed by atoms with Gasteiger partial charge in [0.1, 0.15) is 0 Å². The molecule has 0 saturated carbocycles. The molecule has 3 N–H and O–H groups in total. The van der Waals surface area contributed by atoms with E-state index in [0.29, 0.717) is 6.42 Å². The number of hydrogen-bond acceptors (Lipinski definition) is 3. The van der Waals surface area contributed by atoms with Gasteiger partial charge in [-0.3, -0.25) is 4.79 Å². The summed E-state index contributed by atoms with van der Waals surface area (Å²) in [6.07, 6.45) is 8.91. The highest BCUT2D eigenvalue weighted by molar-refractivity contribution is 5.75. The third-order valence-corrected chi connectivity index (χ3v) is 4.47. The van der Waals surface area contributed by atoms with Crippen LogP contribution in [0.2, 0.25) is 0 Å². The number of carbonyl (C=O) groups is 1. The molecule has 0 heterocycles. The van der Waals surface area contributed by atoms with Gasteiger partial charge in [-0.2, -0.15) is 0 Å². The van der Waals surface area contributed by atoms with E-state index < -0.39 is 0 Å². The fraction of sp³-hybridized carbons (Fsp3) is 0.947. The summed E-state index contributed by atoms with van der Waals surface area (Å²) < 4.78 is 0. The van der Waals surface area contributed by atoms with E-state index in [2.05, 4.69) is 33.0 Å². The Morgan fingerprint density at radius 1 is 0.783 bits per heavy atom. The highest BCUT2D eigenvalue weighted by Gasteiger charge is 2.16. The van der Waals surface area contributed by atoms with Crippen molar-refractivity contribution in [2.45, 2.75) is 85.5 Å². The van der Waals surface area contributed by atoms with E-state index in [9.17, 15) is 15.0 Å². The summed E-state index contributed by atoms with van der Waals surface area (Å²) in [5, 5.41) is 21.3. The van der Waals surface area contributed by atoms with Gasteiger partial charge in [0.2, 0.25) is 5.91 Å². The van der Waals surface area contributed by atoms with E-state index in [1.807, 2.05) is 0 Å². The molecule has 0 unspecified atom stereocenters. The molecule has 0 atom stereocenters. The van der Waals surface area contributed by atoms with Crippen LogP contribution >= 0.6 is 0 Å². The van der Waals surface area contributed by atoms with Crippen LogP contribution in [0.3, 0.4) is 0 Å². The standard InChI is InChI=1S/C19H39NO3/c1-18(2,15-21)12-8-5-7-11-17(23)20-14-10-6-9-13-19(3,4)16-22/h21-22H,5-16H2,1-4H3,(H,20,23). The molecule has 0 rings (SSSR count). The van der Waals surface area contributed by atoms with Crippen LogP contribution in [-0.2, 0) is 4.79 Å². The molecule has 0 aromatic carbocycles. The van der Waals surface area contributed by atoms with Gasteiger partial charge < -0.3 is 15.5 Å². The predicted octanol–water partition coefficient (Wildman–Crippen LogP) is 3.65. The first-order valence-corrected chi connectivity index (χ1v) is 9.21. The Labute approximate surface area is 143 Å². The molecule has 0 aliphatic heterocycles. The van der Waals surface area contributed by atoms with E-state index in [-0.39, 0.29) is 30.0 Å². The predicted molar refractivity (Wildman–Crippen MR) is 96.3 cm³/mol. The Morgan fingerprint density at radius 3 is 1.74 bits per heavy atom. The van der Waals surface area contributed by atoms with Gasteiger partial charge in [-0.05, 0) is 36.5 Å². The number of unbranched alkanes of at least 4 members (excludes halogenated alkanes) is 4. The minimum absolute atomic E-state index is 0.00680. The molecule has 4 nitrogen and oxygen atoms in total. The second kappa shape index (κ2) is 11.9. The number of hydrogen-bond donors (Lipinski definition) is 3. The van der Waals surface area contributed by atoms with Gasteiger partial charge >= 0.3 is 0 Å². The summed E-state index contributed by atoms with van der Waals surface area (Å²) in [7, 11) is 0. The van der Waals surface area contributed by atoms with Gasteiger partial charge in [0, 0.05) is 26.2 Å². The van der Waals surface area contributed by atoms with Crippen molar-refractivity contribution in [3.8, 4) is 0 Å². The lowest BCUT2D eigenvalue weighted by Gasteiger charge is -2.21. The van der Waals surface area contributed by atoms with E-state index in [1.165, 1.54) is 0 Å². The van der Waals surface area contributed by atoms with Gasteiger partial charge in [0.15, 0.2) is 0 Å². The number of aliphatic hydroxyl groups is 2. The molecule has 23 heavy (non-hydrogen) atoms. The average Bonchev–Trinajstić information content (AvgIpc) is 2.50. The lowest BCUT2D eigenvalue weighted by Crippen LogP contribution is -2.24. The molecule has 0 fully saturated rings. The van der Waals surface area contributed by atoms with Gasteiger partial charge in [0.25, 0.3) is 0 Å². The Balaban J connectivity index is 3.45. The van der Waals surface area contributed by atoms with Crippen molar-refractivity contribution < 1.29 is 15.0 Å². The Bertz CT molecular complexity index is 314. The van der Waals surface area contributed by atoms with Gasteiger partial charge in [-0.1, -0.05) is 53.4 Å². The van der Waals surface area contributed by atoms with E-state index in [1.54, 1.807) is 0 Å². The van der Waals surface area contributed by atoms with Crippen LogP contribution < -0.4 is 5.32 Å². The number of nitrogens with one attached hydrogen (secondary N) is 1. The SMILES string of the molecule is CC(C)(CO)CCCCCNC(=O)CCCCCC(C)(C)CO. The van der Waals surface area contributed by atoms with Crippen molar-refractivity contribution in [1.82, 2.24) is 5.32 Å². The lowest BCUT2D eigenvalue weighted by atomic mass is 9.88.